The van der Waals surface area contributed by atoms with Crippen LogP contribution in [0.15, 0.2) is 64.8 Å². The van der Waals surface area contributed by atoms with Crippen LogP contribution in [0.3, 0.4) is 0 Å². The molecule has 0 aliphatic carbocycles. The van der Waals surface area contributed by atoms with Gasteiger partial charge < -0.3 is 21.5 Å². The number of carbonyl (C=O) groups is 1. The summed E-state index contributed by atoms with van der Waals surface area (Å²) in [6.45, 7) is 0.209. The summed E-state index contributed by atoms with van der Waals surface area (Å²) in [5.74, 6) is -0.509. The maximum atomic E-state index is 12.9. The lowest BCUT2D eigenvalue weighted by Crippen LogP contribution is -2.46. The number of aromatic hydroxyl groups is 1. The largest absolute Gasteiger partial charge is 0.508 e. The highest BCUT2D eigenvalue weighted by Crippen LogP contribution is 2.22. The van der Waals surface area contributed by atoms with Crippen LogP contribution in [0.25, 0.3) is 0 Å². The maximum absolute atomic E-state index is 12.9. The molecular formula is C24H26ClF3N6O2. The van der Waals surface area contributed by atoms with Gasteiger partial charge in [-0.1, -0.05) is 11.6 Å². The zero-order valence-corrected chi connectivity index (χ0v) is 20.0. The molecule has 2 aromatic rings. The minimum atomic E-state index is -4.52. The van der Waals surface area contributed by atoms with Gasteiger partial charge in [0.1, 0.15) is 11.6 Å². The van der Waals surface area contributed by atoms with E-state index in [-0.39, 0.29) is 17.9 Å². The van der Waals surface area contributed by atoms with Crippen LogP contribution in [0.4, 0.5) is 23.7 Å². The first-order chi connectivity index (χ1) is 17.0. The van der Waals surface area contributed by atoms with Crippen LogP contribution in [0.5, 0.6) is 5.75 Å². The molecule has 6 N–H and O–H groups in total. The van der Waals surface area contributed by atoms with Crippen LogP contribution in [0.2, 0.25) is 5.02 Å². The number of amides is 2. The molecule has 0 radical (unpaired) electrons. The number of amidine groups is 1. The van der Waals surface area contributed by atoms with E-state index in [1.54, 1.807) is 24.3 Å². The Labute approximate surface area is 211 Å². The van der Waals surface area contributed by atoms with Crippen molar-refractivity contribution in [2.45, 2.75) is 19.0 Å². The van der Waals surface area contributed by atoms with Crippen LogP contribution in [-0.2, 0) is 0 Å². The van der Waals surface area contributed by atoms with Gasteiger partial charge >= 0.3 is 12.2 Å². The number of rotatable bonds is 6. The van der Waals surface area contributed by atoms with Gasteiger partial charge in [-0.2, -0.15) is 13.2 Å². The number of nitrogens with two attached hydrogens (primary N) is 1. The highest BCUT2D eigenvalue weighted by molar-refractivity contribution is 6.30. The molecule has 1 saturated heterocycles. The Balaban J connectivity index is 1.77. The van der Waals surface area contributed by atoms with Crippen molar-refractivity contribution in [1.82, 2.24) is 15.5 Å². The second kappa shape index (κ2) is 11.9. The standard InChI is InChI=1S/C24H26ClF3N6O2/c25-16-3-5-17(6-4-16)33-21-14-31-11-9-19(21)20(29)13-32-23(36)34(12-10-24(26,27)28)22(30)15-1-7-18(35)8-2-15/h1-8,30-31,35H,9-14,29H2,(H,32,36)/b20-19-,30-22?,33-21?. The first kappa shape index (κ1) is 27.0. The van der Waals surface area contributed by atoms with Gasteiger partial charge in [0.15, 0.2) is 0 Å². The van der Waals surface area contributed by atoms with Gasteiger partial charge in [-0.25, -0.2) is 4.79 Å². The van der Waals surface area contributed by atoms with Crippen molar-refractivity contribution in [3.8, 4) is 5.75 Å². The molecule has 2 aromatic carbocycles. The van der Waals surface area contributed by atoms with Gasteiger partial charge in [-0.05, 0) is 67.1 Å². The van der Waals surface area contributed by atoms with Gasteiger partial charge in [0.25, 0.3) is 0 Å². The van der Waals surface area contributed by atoms with E-state index in [1.165, 1.54) is 24.3 Å². The molecule has 1 heterocycles. The van der Waals surface area contributed by atoms with Crippen LogP contribution in [0.1, 0.15) is 18.4 Å². The highest BCUT2D eigenvalue weighted by Gasteiger charge is 2.31. The fourth-order valence-electron chi connectivity index (χ4n) is 3.50. The SMILES string of the molecule is N=C(c1ccc(O)cc1)N(CCC(F)(F)F)C(=O)NC/C(N)=C1\CCNCC1=Nc1ccc(Cl)cc1. The minimum absolute atomic E-state index is 0.0738. The van der Waals surface area contributed by atoms with E-state index >= 15 is 0 Å². The predicted octanol–water partition coefficient (Wildman–Crippen LogP) is 4.31. The Kier molecular flexibility index (Phi) is 8.94. The number of phenols is 1. The summed E-state index contributed by atoms with van der Waals surface area (Å²) in [7, 11) is 0. The third-order valence-corrected chi connectivity index (χ3v) is 5.63. The van der Waals surface area contributed by atoms with E-state index < -0.39 is 31.0 Å². The third kappa shape index (κ3) is 7.72. The number of piperidine rings is 1. The molecule has 8 nitrogen and oxygen atoms in total. The molecular weight excluding hydrogens is 497 g/mol. The molecule has 12 heteroatoms. The average Bonchev–Trinajstić information content (AvgIpc) is 2.84. The average molecular weight is 523 g/mol. The maximum Gasteiger partial charge on any atom is 0.390 e. The number of phenolic OH excluding ortho intramolecular Hbond substituents is 1. The molecule has 0 bridgehead atoms. The summed E-state index contributed by atoms with van der Waals surface area (Å²) >= 11 is 5.92. The number of nitrogens with zero attached hydrogens (tertiary/aromatic N) is 2. The first-order valence-corrected chi connectivity index (χ1v) is 11.4. The number of hydrogen-bond donors (Lipinski definition) is 5. The van der Waals surface area contributed by atoms with Crippen molar-refractivity contribution >= 4 is 34.9 Å². The predicted molar refractivity (Wildman–Crippen MR) is 133 cm³/mol. The lowest BCUT2D eigenvalue weighted by atomic mass is 10.0. The van der Waals surface area contributed by atoms with E-state index in [2.05, 4.69) is 15.6 Å². The number of urea groups is 1. The van der Waals surface area contributed by atoms with Gasteiger partial charge in [-0.3, -0.25) is 15.3 Å². The van der Waals surface area contributed by atoms with Gasteiger partial charge in [0.05, 0.1) is 24.4 Å². The molecule has 3 rings (SSSR count). The summed E-state index contributed by atoms with van der Waals surface area (Å²) in [5, 5.41) is 24.0. The van der Waals surface area contributed by atoms with Gasteiger partial charge in [-0.15, -0.1) is 0 Å². The minimum Gasteiger partial charge on any atom is -0.508 e. The van der Waals surface area contributed by atoms with Crippen molar-refractivity contribution in [2.24, 2.45) is 10.7 Å². The van der Waals surface area contributed by atoms with Crippen molar-refractivity contribution < 1.29 is 23.1 Å². The number of halogens is 4. The summed E-state index contributed by atoms with van der Waals surface area (Å²) in [6, 6.07) is 11.3. The van der Waals surface area contributed by atoms with Crippen molar-refractivity contribution in [3.05, 3.63) is 70.4 Å². The summed E-state index contributed by atoms with van der Waals surface area (Å²) in [5.41, 5.74) is 8.86. The summed E-state index contributed by atoms with van der Waals surface area (Å²) in [6.07, 6.45) is -5.26. The molecule has 0 aromatic heterocycles. The quantitative estimate of drug-likeness (QED) is 0.286. The zero-order chi connectivity index (χ0) is 26.3. The first-order valence-electron chi connectivity index (χ1n) is 11.1. The number of alkyl halides is 3. The van der Waals surface area contributed by atoms with E-state index in [1.807, 2.05) is 0 Å². The topological polar surface area (TPSA) is 127 Å². The number of aliphatic imine (C=N–C) groups is 1. The van der Waals surface area contributed by atoms with Gasteiger partial charge in [0.2, 0.25) is 0 Å². The Hall–Kier alpha value is -3.57. The van der Waals surface area contributed by atoms with E-state index in [4.69, 9.17) is 22.7 Å². The molecule has 0 spiro atoms. The van der Waals surface area contributed by atoms with Crippen LogP contribution in [-0.4, -0.2) is 59.9 Å². The van der Waals surface area contributed by atoms with E-state index in [9.17, 15) is 23.1 Å². The highest BCUT2D eigenvalue weighted by atomic mass is 35.5. The second-order valence-corrected chi connectivity index (χ2v) is 8.47. The Morgan fingerprint density at radius 1 is 1.19 bits per heavy atom. The molecule has 1 aliphatic heterocycles. The molecule has 192 valence electrons. The second-order valence-electron chi connectivity index (χ2n) is 8.04. The Morgan fingerprint density at radius 3 is 2.50 bits per heavy atom. The molecule has 36 heavy (non-hydrogen) atoms. The lowest BCUT2D eigenvalue weighted by molar-refractivity contribution is -0.135. The lowest BCUT2D eigenvalue weighted by Gasteiger charge is -2.25. The molecule has 0 atom stereocenters. The van der Waals surface area contributed by atoms with Crippen LogP contribution in [0, 0.1) is 5.41 Å². The fourth-order valence-corrected chi connectivity index (χ4v) is 3.62. The number of benzene rings is 2. The molecule has 1 aliphatic rings. The zero-order valence-electron chi connectivity index (χ0n) is 19.2. The third-order valence-electron chi connectivity index (χ3n) is 5.38. The number of nitrogens with one attached hydrogen (secondary N) is 3. The molecule has 0 unspecified atom stereocenters. The molecule has 2 amide bonds. The molecule has 0 saturated carbocycles. The summed E-state index contributed by atoms with van der Waals surface area (Å²) in [4.78, 5) is 18.2. The Bertz CT molecular complexity index is 1150. The monoisotopic (exact) mass is 522 g/mol. The Morgan fingerprint density at radius 2 is 1.86 bits per heavy atom. The number of hydrogen-bond acceptors (Lipinski definition) is 6. The van der Waals surface area contributed by atoms with Gasteiger partial charge in [0, 0.05) is 29.4 Å². The smallest absolute Gasteiger partial charge is 0.390 e. The normalized spacial score (nSPS) is 16.5. The van der Waals surface area contributed by atoms with Crippen LogP contribution < -0.4 is 16.4 Å². The number of carbonyl (C=O) groups excluding carboxylic acids is 1. The summed E-state index contributed by atoms with van der Waals surface area (Å²) < 4.78 is 38.7. The van der Waals surface area contributed by atoms with E-state index in [0.717, 1.165) is 5.57 Å². The van der Waals surface area contributed by atoms with Crippen molar-refractivity contribution in [2.75, 3.05) is 26.2 Å². The molecule has 1 fully saturated rings. The van der Waals surface area contributed by atoms with Crippen molar-refractivity contribution in [3.63, 3.8) is 0 Å². The van der Waals surface area contributed by atoms with Crippen LogP contribution >= 0.6 is 11.6 Å². The fraction of sp³-hybridized carbons (Fsp3) is 0.292. The van der Waals surface area contributed by atoms with E-state index in [0.29, 0.717) is 46.5 Å². The van der Waals surface area contributed by atoms with Crippen molar-refractivity contribution in [1.29, 1.82) is 5.41 Å².